The normalized spacial score (nSPS) is 21.0. The van der Waals surface area contributed by atoms with Crippen molar-refractivity contribution in [3.05, 3.63) is 137 Å². The van der Waals surface area contributed by atoms with Crippen LogP contribution < -0.4 is 0 Å². The van der Waals surface area contributed by atoms with Crippen molar-refractivity contribution < 1.29 is 19.4 Å². The van der Waals surface area contributed by atoms with Crippen LogP contribution >= 0.6 is 46.4 Å². The number of nitrogens with zero attached hydrogens (tertiary/aromatic N) is 2. The third-order valence-corrected chi connectivity index (χ3v) is 10.2. The lowest BCUT2D eigenvalue weighted by Gasteiger charge is -2.24. The third-order valence-electron chi connectivity index (χ3n) is 9.34. The highest BCUT2D eigenvalue weighted by Gasteiger charge is 2.35. The molecule has 260 valence electrons. The highest BCUT2D eigenvalue weighted by molar-refractivity contribution is 6.35. The van der Waals surface area contributed by atoms with Crippen LogP contribution in [0.4, 0.5) is 0 Å². The Morgan fingerprint density at radius 3 is 1.96 bits per heavy atom. The number of aliphatic imine (C=N–C) groups is 2. The summed E-state index contributed by atoms with van der Waals surface area (Å²) >= 11 is 24.6. The van der Waals surface area contributed by atoms with E-state index >= 15 is 0 Å². The monoisotopic (exact) mass is 750 g/mol. The van der Waals surface area contributed by atoms with Gasteiger partial charge in [-0.3, -0.25) is 9.98 Å². The number of esters is 1. The Balaban J connectivity index is 0.000000195. The summed E-state index contributed by atoms with van der Waals surface area (Å²) in [5.41, 5.74) is 7.32. The van der Waals surface area contributed by atoms with E-state index in [2.05, 4.69) is 13.8 Å². The molecule has 0 saturated heterocycles. The number of aromatic carboxylic acids is 1. The lowest BCUT2D eigenvalue weighted by Crippen LogP contribution is -2.23. The summed E-state index contributed by atoms with van der Waals surface area (Å²) in [7, 11) is 0. The first-order chi connectivity index (χ1) is 23.6. The predicted molar refractivity (Wildman–Crippen MR) is 205 cm³/mol. The molecule has 0 radical (unpaired) electrons. The van der Waals surface area contributed by atoms with Gasteiger partial charge in [0.2, 0.25) is 0 Å². The lowest BCUT2D eigenvalue weighted by atomic mass is 9.79. The molecule has 10 heteroatoms. The second-order valence-electron chi connectivity index (χ2n) is 13.4. The molecule has 2 aliphatic rings. The zero-order valence-corrected chi connectivity index (χ0v) is 31.5. The van der Waals surface area contributed by atoms with Gasteiger partial charge in [-0.15, -0.1) is 0 Å². The molecule has 0 amide bonds. The van der Waals surface area contributed by atoms with E-state index in [0.29, 0.717) is 44.4 Å². The number of carboxylic acids is 1. The second-order valence-corrected chi connectivity index (χ2v) is 15.1. The summed E-state index contributed by atoms with van der Waals surface area (Å²) in [5, 5.41) is 11.6. The number of benzene rings is 4. The first-order valence-electron chi connectivity index (χ1n) is 16.2. The zero-order chi connectivity index (χ0) is 36.4. The predicted octanol–water partition coefficient (Wildman–Crippen LogP) is 11.1. The molecule has 0 aromatic heterocycles. The molecule has 3 atom stereocenters. The molecule has 0 fully saturated rings. The Morgan fingerprint density at radius 2 is 1.40 bits per heavy atom. The molecule has 50 heavy (non-hydrogen) atoms. The molecular weight excluding hydrogens is 714 g/mol. The van der Waals surface area contributed by atoms with Gasteiger partial charge in [0.05, 0.1) is 23.8 Å². The Morgan fingerprint density at radius 1 is 0.820 bits per heavy atom. The van der Waals surface area contributed by atoms with E-state index in [4.69, 9.17) is 66.2 Å². The maximum absolute atomic E-state index is 12.0. The number of carboxylic acid groups (broad SMARTS) is 1. The largest absolute Gasteiger partial charge is 0.478 e. The van der Waals surface area contributed by atoms with Crippen LogP contribution in [-0.4, -0.2) is 42.1 Å². The van der Waals surface area contributed by atoms with Crippen molar-refractivity contribution in [3.63, 3.8) is 0 Å². The molecule has 0 spiro atoms. The Bertz CT molecular complexity index is 1990. The van der Waals surface area contributed by atoms with Crippen LogP contribution in [-0.2, 0) is 15.6 Å². The summed E-state index contributed by atoms with van der Waals surface area (Å²) in [5.74, 6) is -1.20. The molecule has 0 aliphatic carbocycles. The van der Waals surface area contributed by atoms with E-state index < -0.39 is 5.97 Å². The molecule has 3 unspecified atom stereocenters. The summed E-state index contributed by atoms with van der Waals surface area (Å²) in [6, 6.07) is 22.4. The number of ether oxygens (including phenoxy) is 1. The molecule has 4 aromatic rings. The zero-order valence-electron chi connectivity index (χ0n) is 28.5. The number of carbonyl (C=O) groups excluding carboxylic acids is 1. The van der Waals surface area contributed by atoms with Crippen LogP contribution in [0.1, 0.15) is 93.8 Å². The maximum Gasteiger partial charge on any atom is 0.338 e. The number of hydrogen-bond donors (Lipinski definition) is 1. The van der Waals surface area contributed by atoms with Gasteiger partial charge in [-0.05, 0) is 115 Å². The molecular formula is C40H38Cl4N2O4. The first kappa shape index (κ1) is 37.6. The Kier molecular flexibility index (Phi) is 11.5. The van der Waals surface area contributed by atoms with E-state index in [1.807, 2.05) is 67.7 Å². The Hall–Kier alpha value is -3.68. The Labute approximate surface area is 313 Å². The fourth-order valence-corrected chi connectivity index (χ4v) is 7.55. The van der Waals surface area contributed by atoms with Gasteiger partial charge < -0.3 is 9.84 Å². The van der Waals surface area contributed by atoms with Gasteiger partial charge in [0, 0.05) is 55.8 Å². The summed E-state index contributed by atoms with van der Waals surface area (Å²) in [4.78, 5) is 32.5. The fraction of sp³-hybridized carbons (Fsp3) is 0.300. The standard InChI is InChI=1S/C21H21Cl2NO2.C19H17Cl2NO2/c1-4-26-20(25)18-6-5-14(7-13(18)2)19-11-21(3,12-24-19)15-8-16(22)10-17(23)9-15;1-11-5-12(3-4-16(11)18(23)24)17-9-19(2,10-22-17)13-6-14(20)8-15(21)7-13/h5-10,12,19H,4,11H2,1-3H3;3-8H,9-10H2,1-2H3,(H,23,24). The molecule has 2 heterocycles. The molecule has 0 saturated carbocycles. The van der Waals surface area contributed by atoms with Crippen LogP contribution in [0.3, 0.4) is 0 Å². The van der Waals surface area contributed by atoms with Gasteiger partial charge in [-0.2, -0.15) is 0 Å². The van der Waals surface area contributed by atoms with Crippen molar-refractivity contribution in [2.24, 2.45) is 9.98 Å². The van der Waals surface area contributed by atoms with E-state index in [1.54, 1.807) is 32.0 Å². The van der Waals surface area contributed by atoms with Crippen molar-refractivity contribution in [3.8, 4) is 0 Å². The van der Waals surface area contributed by atoms with Gasteiger partial charge in [0.15, 0.2) is 0 Å². The van der Waals surface area contributed by atoms with Crippen molar-refractivity contribution in [2.75, 3.05) is 13.2 Å². The number of rotatable bonds is 7. The average molecular weight is 753 g/mol. The SMILES string of the molecule is CCOC(=O)c1ccc(C2CC(C)(c3cc(Cl)cc(Cl)c3)C=N2)cc1C.Cc1cc(C2=NCC(C)(c3cc(Cl)cc(Cl)c3)C2)ccc1C(=O)O. The van der Waals surface area contributed by atoms with E-state index in [0.717, 1.165) is 51.9 Å². The van der Waals surface area contributed by atoms with Gasteiger partial charge in [-0.25, -0.2) is 9.59 Å². The topological polar surface area (TPSA) is 88.3 Å². The quantitative estimate of drug-likeness (QED) is 0.190. The highest BCUT2D eigenvalue weighted by Crippen LogP contribution is 2.42. The summed E-state index contributed by atoms with van der Waals surface area (Å²) in [6.07, 6.45) is 3.56. The number of carbonyl (C=O) groups is 2. The lowest BCUT2D eigenvalue weighted by molar-refractivity contribution is 0.0525. The van der Waals surface area contributed by atoms with Gasteiger partial charge in [0.1, 0.15) is 0 Å². The smallest absolute Gasteiger partial charge is 0.338 e. The molecule has 0 bridgehead atoms. The average Bonchev–Trinajstić information content (AvgIpc) is 3.65. The van der Waals surface area contributed by atoms with E-state index in [9.17, 15) is 9.59 Å². The molecule has 6 rings (SSSR count). The third kappa shape index (κ3) is 8.43. The van der Waals surface area contributed by atoms with Crippen LogP contribution in [0, 0.1) is 13.8 Å². The fourth-order valence-electron chi connectivity index (χ4n) is 6.50. The number of aryl methyl sites for hydroxylation is 2. The van der Waals surface area contributed by atoms with Crippen molar-refractivity contribution in [1.29, 1.82) is 0 Å². The highest BCUT2D eigenvalue weighted by atomic mass is 35.5. The van der Waals surface area contributed by atoms with E-state index in [-0.39, 0.29) is 22.8 Å². The van der Waals surface area contributed by atoms with Crippen molar-refractivity contribution >= 4 is 70.3 Å². The second kappa shape index (κ2) is 15.3. The minimum atomic E-state index is -0.911. The number of hydrogen-bond acceptors (Lipinski definition) is 5. The minimum absolute atomic E-state index is 0.0349. The molecule has 1 N–H and O–H groups in total. The molecule has 4 aromatic carbocycles. The minimum Gasteiger partial charge on any atom is -0.478 e. The van der Waals surface area contributed by atoms with E-state index in [1.165, 1.54) is 0 Å². The van der Waals surface area contributed by atoms with Crippen molar-refractivity contribution in [1.82, 2.24) is 0 Å². The summed E-state index contributed by atoms with van der Waals surface area (Å²) in [6.45, 7) is 10.8. The van der Waals surface area contributed by atoms with Crippen LogP contribution in [0.2, 0.25) is 20.1 Å². The van der Waals surface area contributed by atoms with Gasteiger partial charge in [-0.1, -0.05) is 78.5 Å². The first-order valence-corrected chi connectivity index (χ1v) is 17.7. The summed E-state index contributed by atoms with van der Waals surface area (Å²) < 4.78 is 5.09. The maximum atomic E-state index is 12.0. The van der Waals surface area contributed by atoms with Crippen LogP contribution in [0.15, 0.2) is 82.8 Å². The van der Waals surface area contributed by atoms with Gasteiger partial charge in [0.25, 0.3) is 0 Å². The van der Waals surface area contributed by atoms with Crippen LogP contribution in [0.25, 0.3) is 0 Å². The van der Waals surface area contributed by atoms with Gasteiger partial charge >= 0.3 is 11.9 Å². The molecule has 2 aliphatic heterocycles. The molecule has 6 nitrogen and oxygen atoms in total. The van der Waals surface area contributed by atoms with Crippen molar-refractivity contribution in [2.45, 2.75) is 64.3 Å². The number of halogens is 4. The van der Waals surface area contributed by atoms with Crippen LogP contribution in [0.5, 0.6) is 0 Å².